The van der Waals surface area contributed by atoms with Crippen molar-refractivity contribution >= 4 is 97.7 Å². The number of nitrogens with zero attached hydrogens (tertiary/aromatic N) is 12. The molecule has 0 radical (unpaired) electrons. The number of aromatic nitrogens is 12. The molecule has 0 spiro atoms. The summed E-state index contributed by atoms with van der Waals surface area (Å²) in [4.78, 5) is 44.2. The fourth-order valence-electron chi connectivity index (χ4n) is 19.6. The molecule has 0 saturated heterocycles. The van der Waals surface area contributed by atoms with E-state index in [4.69, 9.17) is 44.9 Å². The Kier molecular flexibility index (Phi) is 21.7. The molecule has 0 bridgehead atoms. The highest BCUT2D eigenvalue weighted by atomic mass is 15.1. The first-order valence-corrected chi connectivity index (χ1v) is 47.4. The number of hydrogen-bond donors (Lipinski definition) is 0. The third-order valence-corrected chi connectivity index (χ3v) is 26.5. The standard InChI is InChI=1S/3C43H28N4/c1-4-12-29(13-5-1)34-23-26-38-37(28-34)40-36-19-11-10-14-30(36)22-27-39(40)47(38)35-24-20-33(21-25-35)43-45-41(31-15-6-2-7-16-31)44-42(46-43)32-17-8-3-9-18-32;1-4-12-29(13-5-1)34-23-27-39-38(28-34)37-26-22-30-14-10-11-19-36(30)40(37)47(39)35-24-20-33(21-25-35)43-45-41(31-15-6-2-7-16-31)44-42(46-43)32-17-8-3-9-18-32;1-4-12-29(13-5-1)35-22-25-39-37(27-35)38-26-33-18-10-11-19-34(33)28-40(38)47(39)36-23-20-32(21-24-36)43-45-41(30-14-6-2-7-15-30)44-42(46-43)31-16-8-3-9-17-31/h3*1-28H. The molecule has 660 valence electrons. The monoisotopic (exact) mass is 1800 g/mol. The van der Waals surface area contributed by atoms with Gasteiger partial charge >= 0.3 is 0 Å². The number of fused-ring (bicyclic) bond motifs is 14. The Balaban J connectivity index is 0.000000111. The lowest BCUT2D eigenvalue weighted by atomic mass is 10.0. The average Bonchev–Trinajstić information content (AvgIpc) is 1.58. The minimum absolute atomic E-state index is 0.643. The Hall–Kier alpha value is -19.2. The molecule has 12 nitrogen and oxygen atoms in total. The predicted octanol–water partition coefficient (Wildman–Crippen LogP) is 32.4. The summed E-state index contributed by atoms with van der Waals surface area (Å²) in [6.07, 6.45) is 0. The SMILES string of the molecule is c1ccc(-c2ccc3c(c2)c2c4ccccc4ccc2n3-c2ccc(-c3nc(-c4ccccc4)nc(-c4ccccc4)n3)cc2)cc1.c1ccc(-c2ccc3c(c2)c2cc4ccccc4cc2n3-c2ccc(-c3nc(-c4ccccc4)nc(-c4ccccc4)n3)cc2)cc1.c1ccc(-c2ccc3c(c2)c2ccc4ccccc4c2n3-c2ccc(-c3nc(-c4ccccc4)nc(-c4ccccc4)n3)cc2)cc1. The lowest BCUT2D eigenvalue weighted by molar-refractivity contribution is 1.07. The number of benzene rings is 21. The second-order valence-corrected chi connectivity index (χ2v) is 35.1. The molecule has 0 aliphatic heterocycles. The molecule has 0 aliphatic rings. The number of hydrogen-bond acceptors (Lipinski definition) is 9. The van der Waals surface area contributed by atoms with Crippen molar-refractivity contribution in [3.8, 4) is 153 Å². The molecule has 0 saturated carbocycles. The third kappa shape index (κ3) is 16.2. The van der Waals surface area contributed by atoms with E-state index in [-0.39, 0.29) is 0 Å². The van der Waals surface area contributed by atoms with E-state index in [2.05, 4.69) is 341 Å². The van der Waals surface area contributed by atoms with Crippen LogP contribution in [0.25, 0.3) is 251 Å². The van der Waals surface area contributed by atoms with Crippen LogP contribution in [0.15, 0.2) is 510 Å². The van der Waals surface area contributed by atoms with Crippen LogP contribution in [-0.2, 0) is 0 Å². The maximum Gasteiger partial charge on any atom is 0.164 e. The summed E-state index contributed by atoms with van der Waals surface area (Å²) in [7, 11) is 0. The second kappa shape index (κ2) is 36.6. The highest BCUT2D eigenvalue weighted by Gasteiger charge is 2.24. The summed E-state index contributed by atoms with van der Waals surface area (Å²) < 4.78 is 7.13. The highest BCUT2D eigenvalue weighted by Crippen LogP contribution is 2.45. The molecule has 141 heavy (non-hydrogen) atoms. The van der Waals surface area contributed by atoms with E-state index in [0.29, 0.717) is 52.4 Å². The lowest BCUT2D eigenvalue weighted by Gasteiger charge is -2.12. The third-order valence-electron chi connectivity index (χ3n) is 26.5. The van der Waals surface area contributed by atoms with Crippen molar-refractivity contribution in [1.82, 2.24) is 58.6 Å². The van der Waals surface area contributed by atoms with Crippen molar-refractivity contribution in [3.63, 3.8) is 0 Å². The minimum atomic E-state index is 0.643. The molecule has 0 N–H and O–H groups in total. The largest absolute Gasteiger partial charge is 0.309 e. The zero-order valence-corrected chi connectivity index (χ0v) is 76.4. The van der Waals surface area contributed by atoms with Gasteiger partial charge in [-0.25, -0.2) is 44.9 Å². The molecule has 27 rings (SSSR count). The van der Waals surface area contributed by atoms with E-state index < -0.39 is 0 Å². The van der Waals surface area contributed by atoms with E-state index >= 15 is 0 Å². The van der Waals surface area contributed by atoms with Gasteiger partial charge in [-0.05, 0) is 188 Å². The summed E-state index contributed by atoms with van der Waals surface area (Å²) in [6, 6.07) is 178. The van der Waals surface area contributed by atoms with Crippen LogP contribution in [0.5, 0.6) is 0 Å². The summed E-state index contributed by atoms with van der Waals surface area (Å²) in [5, 5.41) is 14.8. The van der Waals surface area contributed by atoms with Gasteiger partial charge in [0, 0.05) is 105 Å². The molecule has 12 heteroatoms. The fourth-order valence-corrected chi connectivity index (χ4v) is 19.6. The average molecular weight is 1800 g/mol. The van der Waals surface area contributed by atoms with Crippen LogP contribution in [-0.4, -0.2) is 58.6 Å². The van der Waals surface area contributed by atoms with Crippen LogP contribution in [0.4, 0.5) is 0 Å². The van der Waals surface area contributed by atoms with Gasteiger partial charge in [0.1, 0.15) is 0 Å². The van der Waals surface area contributed by atoms with E-state index in [1.54, 1.807) is 0 Å². The molecular formula is C129H84N12. The first kappa shape index (κ1) is 83.6. The molecule has 0 amide bonds. The summed E-state index contributed by atoms with van der Waals surface area (Å²) in [5.74, 6) is 5.86. The first-order chi connectivity index (χ1) is 69.9. The fraction of sp³-hybridized carbons (Fsp3) is 0. The van der Waals surface area contributed by atoms with Gasteiger partial charge < -0.3 is 13.7 Å². The van der Waals surface area contributed by atoms with Crippen molar-refractivity contribution in [2.45, 2.75) is 0 Å². The zero-order chi connectivity index (χ0) is 93.5. The first-order valence-electron chi connectivity index (χ1n) is 47.4. The Morgan fingerprint density at radius 1 is 0.121 bits per heavy atom. The van der Waals surface area contributed by atoms with Crippen LogP contribution < -0.4 is 0 Å². The quantitative estimate of drug-likeness (QED) is 0.0984. The van der Waals surface area contributed by atoms with Crippen molar-refractivity contribution in [1.29, 1.82) is 0 Å². The molecule has 27 aromatic rings. The van der Waals surface area contributed by atoms with E-state index in [1.807, 2.05) is 182 Å². The van der Waals surface area contributed by atoms with E-state index in [1.165, 1.54) is 131 Å². The maximum atomic E-state index is 4.94. The Morgan fingerprint density at radius 2 is 0.355 bits per heavy atom. The van der Waals surface area contributed by atoms with Crippen LogP contribution >= 0.6 is 0 Å². The summed E-state index contributed by atoms with van der Waals surface area (Å²) in [5.41, 5.74) is 26.1. The van der Waals surface area contributed by atoms with Gasteiger partial charge in [0.05, 0.1) is 33.1 Å². The van der Waals surface area contributed by atoms with Crippen molar-refractivity contribution in [2.24, 2.45) is 0 Å². The molecule has 6 aromatic heterocycles. The van der Waals surface area contributed by atoms with E-state index in [9.17, 15) is 0 Å². The normalized spacial score (nSPS) is 11.4. The van der Waals surface area contributed by atoms with E-state index in [0.717, 1.165) is 67.1 Å². The maximum absolute atomic E-state index is 4.94. The van der Waals surface area contributed by atoms with Crippen molar-refractivity contribution < 1.29 is 0 Å². The van der Waals surface area contributed by atoms with Crippen molar-refractivity contribution in [2.75, 3.05) is 0 Å². The number of rotatable bonds is 15. The second-order valence-electron chi connectivity index (χ2n) is 35.1. The summed E-state index contributed by atoms with van der Waals surface area (Å²) in [6.45, 7) is 0. The predicted molar refractivity (Wildman–Crippen MR) is 580 cm³/mol. The zero-order valence-electron chi connectivity index (χ0n) is 76.4. The molecular weight excluding hydrogens is 1720 g/mol. The van der Waals surface area contributed by atoms with Gasteiger partial charge in [0.2, 0.25) is 0 Å². The van der Waals surface area contributed by atoms with Gasteiger partial charge in [0.15, 0.2) is 52.4 Å². The van der Waals surface area contributed by atoms with Gasteiger partial charge in [-0.2, -0.15) is 0 Å². The molecule has 0 unspecified atom stereocenters. The van der Waals surface area contributed by atoms with Gasteiger partial charge in [-0.15, -0.1) is 0 Å². The van der Waals surface area contributed by atoms with Crippen LogP contribution in [0.2, 0.25) is 0 Å². The van der Waals surface area contributed by atoms with Gasteiger partial charge in [0.25, 0.3) is 0 Å². The molecule has 6 heterocycles. The Labute approximate surface area is 813 Å². The molecule has 0 fully saturated rings. The topological polar surface area (TPSA) is 131 Å². The van der Waals surface area contributed by atoms with Crippen LogP contribution in [0.3, 0.4) is 0 Å². The molecule has 0 aliphatic carbocycles. The van der Waals surface area contributed by atoms with Gasteiger partial charge in [-0.3, -0.25) is 0 Å². The molecule has 21 aromatic carbocycles. The lowest BCUT2D eigenvalue weighted by Crippen LogP contribution is -2.00. The summed E-state index contributed by atoms with van der Waals surface area (Å²) >= 11 is 0. The highest BCUT2D eigenvalue weighted by molar-refractivity contribution is 6.23. The minimum Gasteiger partial charge on any atom is -0.309 e. The van der Waals surface area contributed by atoms with Crippen molar-refractivity contribution in [3.05, 3.63) is 510 Å². The van der Waals surface area contributed by atoms with Crippen LogP contribution in [0.1, 0.15) is 0 Å². The van der Waals surface area contributed by atoms with Gasteiger partial charge in [-0.1, -0.05) is 382 Å². The molecule has 0 atom stereocenters. The Bertz CT molecular complexity index is 8920. The Morgan fingerprint density at radius 3 is 0.716 bits per heavy atom. The van der Waals surface area contributed by atoms with Crippen LogP contribution in [0, 0.1) is 0 Å². The smallest absolute Gasteiger partial charge is 0.164 e.